The van der Waals surface area contributed by atoms with Gasteiger partial charge in [0.2, 0.25) is 12.7 Å². The molecule has 2 amide bonds. The van der Waals surface area contributed by atoms with Crippen molar-refractivity contribution in [3.05, 3.63) is 23.8 Å². The average molecular weight is 346 g/mol. The van der Waals surface area contributed by atoms with Crippen molar-refractivity contribution < 1.29 is 19.1 Å². The van der Waals surface area contributed by atoms with E-state index >= 15 is 0 Å². The maximum absolute atomic E-state index is 13.1. The van der Waals surface area contributed by atoms with Crippen LogP contribution in [0.15, 0.2) is 18.2 Å². The fraction of sp³-hybridized carbons (Fsp3) is 0.579. The van der Waals surface area contributed by atoms with E-state index in [1.165, 1.54) is 0 Å². The smallest absolute Gasteiger partial charge is 0.252 e. The quantitative estimate of drug-likeness (QED) is 0.890. The van der Waals surface area contributed by atoms with Crippen LogP contribution in [0.2, 0.25) is 0 Å². The van der Waals surface area contributed by atoms with E-state index in [-0.39, 0.29) is 18.6 Å². The molecule has 25 heavy (non-hydrogen) atoms. The molecule has 0 aromatic heterocycles. The Morgan fingerprint density at radius 3 is 2.44 bits per heavy atom. The molecule has 0 radical (unpaired) electrons. The number of hydrogen-bond donors (Lipinski definition) is 1. The van der Waals surface area contributed by atoms with Gasteiger partial charge in [-0.15, -0.1) is 0 Å². The van der Waals surface area contributed by atoms with Crippen molar-refractivity contribution in [2.24, 2.45) is 0 Å². The zero-order valence-electron chi connectivity index (χ0n) is 15.0. The van der Waals surface area contributed by atoms with E-state index in [0.717, 1.165) is 19.3 Å². The first-order valence-electron chi connectivity index (χ1n) is 9.11. The number of nitrogens with one attached hydrogen (secondary N) is 1. The minimum absolute atomic E-state index is 0.0336. The van der Waals surface area contributed by atoms with Gasteiger partial charge in [0.1, 0.15) is 5.54 Å². The molecule has 1 N–H and O–H groups in total. The second kappa shape index (κ2) is 7.33. The summed E-state index contributed by atoms with van der Waals surface area (Å²) in [5.74, 6) is 1.01. The van der Waals surface area contributed by atoms with Crippen LogP contribution in [0.4, 0.5) is 0 Å². The van der Waals surface area contributed by atoms with Crippen LogP contribution in [-0.2, 0) is 4.79 Å². The van der Waals surface area contributed by atoms with Gasteiger partial charge in [0, 0.05) is 18.7 Å². The number of benzene rings is 1. The zero-order chi connectivity index (χ0) is 17.9. The first-order valence-corrected chi connectivity index (χ1v) is 9.11. The SMILES string of the molecule is CCN(CC)C(=O)C1(NC(=O)c2ccc3c(c2)OCO3)CCCCC1. The van der Waals surface area contributed by atoms with Gasteiger partial charge in [0.15, 0.2) is 11.5 Å². The van der Waals surface area contributed by atoms with Crippen LogP contribution in [0.5, 0.6) is 11.5 Å². The lowest BCUT2D eigenvalue weighted by molar-refractivity contribution is -0.139. The van der Waals surface area contributed by atoms with Crippen molar-refractivity contribution in [3.63, 3.8) is 0 Å². The normalized spacial score (nSPS) is 17.8. The molecule has 0 bridgehead atoms. The number of rotatable bonds is 5. The Balaban J connectivity index is 1.82. The van der Waals surface area contributed by atoms with Gasteiger partial charge in [-0.1, -0.05) is 19.3 Å². The highest BCUT2D eigenvalue weighted by atomic mass is 16.7. The van der Waals surface area contributed by atoms with E-state index in [9.17, 15) is 9.59 Å². The number of fused-ring (bicyclic) bond motifs is 1. The molecule has 1 aliphatic heterocycles. The van der Waals surface area contributed by atoms with Gasteiger partial charge in [-0.05, 0) is 44.9 Å². The molecule has 3 rings (SSSR count). The Hall–Kier alpha value is -2.24. The van der Waals surface area contributed by atoms with Crippen molar-refractivity contribution in [1.29, 1.82) is 0 Å². The molecule has 6 heteroatoms. The molecule has 1 aliphatic carbocycles. The molecule has 1 aromatic rings. The number of likely N-dealkylation sites (N-methyl/N-ethyl adjacent to an activating group) is 1. The minimum atomic E-state index is -0.794. The van der Waals surface area contributed by atoms with E-state index in [1.54, 1.807) is 18.2 Å². The van der Waals surface area contributed by atoms with Gasteiger partial charge >= 0.3 is 0 Å². The molecule has 0 spiro atoms. The maximum Gasteiger partial charge on any atom is 0.252 e. The molecule has 136 valence electrons. The van der Waals surface area contributed by atoms with Crippen LogP contribution in [0.25, 0.3) is 0 Å². The molecule has 0 atom stereocenters. The average Bonchev–Trinajstić information content (AvgIpc) is 3.11. The van der Waals surface area contributed by atoms with Gasteiger partial charge in [-0.3, -0.25) is 9.59 Å². The number of carbonyl (C=O) groups excluding carboxylic acids is 2. The third-order valence-electron chi connectivity index (χ3n) is 5.15. The highest BCUT2D eigenvalue weighted by Gasteiger charge is 2.42. The number of nitrogens with zero attached hydrogens (tertiary/aromatic N) is 1. The van der Waals surface area contributed by atoms with Crippen molar-refractivity contribution in [2.75, 3.05) is 19.9 Å². The van der Waals surface area contributed by atoms with Crippen LogP contribution >= 0.6 is 0 Å². The van der Waals surface area contributed by atoms with E-state index in [1.807, 2.05) is 18.7 Å². The Kier molecular flexibility index (Phi) is 5.16. The van der Waals surface area contributed by atoms with Crippen LogP contribution in [0.3, 0.4) is 0 Å². The summed E-state index contributed by atoms with van der Waals surface area (Å²) in [6, 6.07) is 5.12. The van der Waals surface area contributed by atoms with Gasteiger partial charge in [-0.25, -0.2) is 0 Å². The van der Waals surface area contributed by atoms with Crippen LogP contribution in [0, 0.1) is 0 Å². The number of hydrogen-bond acceptors (Lipinski definition) is 4. The molecule has 6 nitrogen and oxygen atoms in total. The molecule has 1 heterocycles. The largest absolute Gasteiger partial charge is 0.454 e. The monoisotopic (exact) mass is 346 g/mol. The van der Waals surface area contributed by atoms with Crippen LogP contribution < -0.4 is 14.8 Å². The summed E-state index contributed by atoms with van der Waals surface area (Å²) >= 11 is 0. The second-order valence-electron chi connectivity index (χ2n) is 6.64. The van der Waals surface area contributed by atoms with E-state index < -0.39 is 5.54 Å². The summed E-state index contributed by atoms with van der Waals surface area (Å²) in [4.78, 5) is 27.8. The number of ether oxygens (including phenoxy) is 2. The Morgan fingerprint density at radius 2 is 1.76 bits per heavy atom. The van der Waals surface area contributed by atoms with Crippen molar-refractivity contribution in [2.45, 2.75) is 51.5 Å². The summed E-state index contributed by atoms with van der Waals surface area (Å²) in [6.07, 6.45) is 4.40. The lowest BCUT2D eigenvalue weighted by atomic mass is 9.80. The first kappa shape index (κ1) is 17.6. The molecule has 1 saturated carbocycles. The summed E-state index contributed by atoms with van der Waals surface area (Å²) in [6.45, 7) is 5.41. The van der Waals surface area contributed by atoms with E-state index in [0.29, 0.717) is 43.0 Å². The third-order valence-corrected chi connectivity index (χ3v) is 5.15. The predicted octanol–water partition coefficient (Wildman–Crippen LogP) is 2.72. The van der Waals surface area contributed by atoms with Crippen molar-refractivity contribution in [1.82, 2.24) is 10.2 Å². The van der Waals surface area contributed by atoms with E-state index in [2.05, 4.69) is 5.32 Å². The predicted molar refractivity (Wildman–Crippen MR) is 93.8 cm³/mol. The first-order chi connectivity index (χ1) is 12.1. The lowest BCUT2D eigenvalue weighted by Crippen LogP contribution is -2.60. The standard InChI is InChI=1S/C19H26N2O4/c1-3-21(4-2)18(23)19(10-6-5-7-11-19)20-17(22)14-8-9-15-16(12-14)25-13-24-15/h8-9,12H,3-7,10-11,13H2,1-2H3,(H,20,22). The Bertz CT molecular complexity index is 649. The molecule has 1 fully saturated rings. The summed E-state index contributed by atoms with van der Waals surface area (Å²) < 4.78 is 10.6. The maximum atomic E-state index is 13.1. The topological polar surface area (TPSA) is 67.9 Å². The minimum Gasteiger partial charge on any atom is -0.454 e. The fourth-order valence-electron chi connectivity index (χ4n) is 3.69. The molecular formula is C19H26N2O4. The fourth-order valence-corrected chi connectivity index (χ4v) is 3.69. The van der Waals surface area contributed by atoms with E-state index in [4.69, 9.17) is 9.47 Å². The van der Waals surface area contributed by atoms with Gasteiger partial charge < -0.3 is 19.7 Å². The molecule has 0 saturated heterocycles. The lowest BCUT2D eigenvalue weighted by Gasteiger charge is -2.40. The zero-order valence-corrected chi connectivity index (χ0v) is 15.0. The molecule has 2 aliphatic rings. The number of carbonyl (C=O) groups is 2. The van der Waals surface area contributed by atoms with Crippen LogP contribution in [0.1, 0.15) is 56.3 Å². The Labute approximate surface area is 148 Å². The van der Waals surface area contributed by atoms with Gasteiger partial charge in [0.25, 0.3) is 5.91 Å². The highest BCUT2D eigenvalue weighted by Crippen LogP contribution is 2.34. The van der Waals surface area contributed by atoms with Gasteiger partial charge in [-0.2, -0.15) is 0 Å². The Morgan fingerprint density at radius 1 is 1.08 bits per heavy atom. The summed E-state index contributed by atoms with van der Waals surface area (Å²) in [5.41, 5.74) is -0.306. The molecular weight excluding hydrogens is 320 g/mol. The number of amides is 2. The summed E-state index contributed by atoms with van der Waals surface area (Å²) in [7, 11) is 0. The molecule has 0 unspecified atom stereocenters. The van der Waals surface area contributed by atoms with Crippen LogP contribution in [-0.4, -0.2) is 42.1 Å². The van der Waals surface area contributed by atoms with Gasteiger partial charge in [0.05, 0.1) is 0 Å². The second-order valence-corrected chi connectivity index (χ2v) is 6.64. The third kappa shape index (κ3) is 3.43. The molecule has 1 aromatic carbocycles. The van der Waals surface area contributed by atoms with Crippen molar-refractivity contribution >= 4 is 11.8 Å². The highest BCUT2D eigenvalue weighted by molar-refractivity contribution is 5.99. The summed E-state index contributed by atoms with van der Waals surface area (Å²) in [5, 5.41) is 3.06. The van der Waals surface area contributed by atoms with Crippen molar-refractivity contribution in [3.8, 4) is 11.5 Å².